The summed E-state index contributed by atoms with van der Waals surface area (Å²) in [4.78, 5) is 22.4. The molecule has 3 N–H and O–H groups in total. The van der Waals surface area contributed by atoms with Crippen LogP contribution in [0, 0.1) is 0 Å². The average molecular weight is 404 g/mol. The Morgan fingerprint density at radius 2 is 1.38 bits per heavy atom. The number of unbranched alkanes of at least 4 members (excludes halogenated alkanes) is 13. The highest BCUT2D eigenvalue weighted by molar-refractivity contribution is 6.01. The van der Waals surface area contributed by atoms with Gasteiger partial charge in [0.05, 0.1) is 5.56 Å². The second-order valence-corrected chi connectivity index (χ2v) is 7.83. The van der Waals surface area contributed by atoms with Gasteiger partial charge in [0.25, 0.3) is 5.91 Å². The summed E-state index contributed by atoms with van der Waals surface area (Å²) in [6.07, 6.45) is 20.4. The van der Waals surface area contributed by atoms with Crippen LogP contribution in [0.4, 0.5) is 5.69 Å². The first-order valence-corrected chi connectivity index (χ1v) is 11.4. The first-order chi connectivity index (χ1) is 14.2. The lowest BCUT2D eigenvalue weighted by atomic mass is 10.0. The highest BCUT2D eigenvalue weighted by Crippen LogP contribution is 2.16. The van der Waals surface area contributed by atoms with E-state index in [-0.39, 0.29) is 11.1 Å². The van der Waals surface area contributed by atoms with Crippen LogP contribution in [-0.4, -0.2) is 23.9 Å². The summed E-state index contributed by atoms with van der Waals surface area (Å²) in [5.41, 5.74) is 2.58. The maximum Gasteiger partial charge on any atom is 0.275 e. The number of amides is 1. The van der Waals surface area contributed by atoms with Crippen LogP contribution in [0.15, 0.2) is 18.2 Å². The summed E-state index contributed by atoms with van der Waals surface area (Å²) in [5.74, 6) is -0.705. The molecule has 29 heavy (non-hydrogen) atoms. The molecule has 0 aliphatic carbocycles. The summed E-state index contributed by atoms with van der Waals surface area (Å²) in [6, 6.07) is 4.85. The molecule has 0 saturated carbocycles. The molecule has 1 rings (SSSR count). The van der Waals surface area contributed by atoms with Crippen LogP contribution in [0.25, 0.3) is 0 Å². The van der Waals surface area contributed by atoms with Crippen molar-refractivity contribution >= 4 is 17.9 Å². The van der Waals surface area contributed by atoms with E-state index in [0.29, 0.717) is 0 Å². The number of carbonyl (C=O) groups is 1. The number of benzene rings is 1. The molecule has 0 unspecified atom stereocenters. The Labute approximate surface area is 176 Å². The summed E-state index contributed by atoms with van der Waals surface area (Å²) < 4.78 is 0. The minimum absolute atomic E-state index is 0.119. The van der Waals surface area contributed by atoms with Crippen molar-refractivity contribution in [2.45, 2.75) is 96.8 Å². The molecule has 0 aliphatic rings. The third kappa shape index (κ3) is 11.6. The van der Waals surface area contributed by atoms with E-state index in [1.807, 2.05) is 0 Å². The highest BCUT2D eigenvalue weighted by Gasteiger charge is 2.11. The van der Waals surface area contributed by atoms with E-state index >= 15 is 0 Å². The molecule has 0 spiro atoms. The molecule has 0 fully saturated rings. The van der Waals surface area contributed by atoms with Crippen molar-refractivity contribution in [2.24, 2.45) is 0 Å². The number of nitrogens with one attached hydrogen (secondary N) is 2. The normalized spacial score (nSPS) is 10.7. The minimum atomic E-state index is -0.705. The Morgan fingerprint density at radius 1 is 0.862 bits per heavy atom. The first-order valence-electron chi connectivity index (χ1n) is 11.4. The van der Waals surface area contributed by atoms with E-state index in [1.54, 1.807) is 23.9 Å². The second kappa shape index (κ2) is 17.0. The fraction of sp³-hybridized carbons (Fsp3) is 0.667. The third-order valence-electron chi connectivity index (χ3n) is 5.34. The van der Waals surface area contributed by atoms with Crippen LogP contribution in [-0.2, 0) is 4.79 Å². The van der Waals surface area contributed by atoms with Crippen LogP contribution in [0.1, 0.15) is 113 Å². The molecule has 1 aromatic rings. The van der Waals surface area contributed by atoms with Gasteiger partial charge in [-0.2, -0.15) is 0 Å². The molecule has 0 bridgehead atoms. The summed E-state index contributed by atoms with van der Waals surface area (Å²) in [5, 5.41) is 12.0. The largest absolute Gasteiger partial charge is 0.385 e. The lowest BCUT2D eigenvalue weighted by molar-refractivity contribution is 0.0706. The Morgan fingerprint density at radius 3 is 1.86 bits per heavy atom. The molecule has 1 amide bonds. The number of carbonyl (C=O) groups excluding carboxylic acids is 2. The Bertz CT molecular complexity index is 575. The van der Waals surface area contributed by atoms with Crippen LogP contribution < -0.4 is 10.8 Å². The molecule has 5 nitrogen and oxygen atoms in total. The Kier molecular flexibility index (Phi) is 14.8. The van der Waals surface area contributed by atoms with Gasteiger partial charge in [0.2, 0.25) is 6.29 Å². The summed E-state index contributed by atoms with van der Waals surface area (Å²) in [6.45, 7) is 3.09. The molecular weight excluding hydrogens is 364 g/mol. The zero-order valence-corrected chi connectivity index (χ0v) is 18.1. The monoisotopic (exact) mass is 403 g/mol. The van der Waals surface area contributed by atoms with Gasteiger partial charge < -0.3 is 5.32 Å². The zero-order valence-electron chi connectivity index (χ0n) is 18.1. The first kappa shape index (κ1) is 25.2. The molecule has 1 radical (unpaired) electrons. The van der Waals surface area contributed by atoms with Crippen molar-refractivity contribution in [1.29, 1.82) is 0 Å². The lowest BCUT2D eigenvalue weighted by Crippen LogP contribution is -2.20. The van der Waals surface area contributed by atoms with Gasteiger partial charge in [-0.1, -0.05) is 90.4 Å². The molecular formula is C24H39N2O3. The van der Waals surface area contributed by atoms with Gasteiger partial charge in [0.1, 0.15) is 0 Å². The van der Waals surface area contributed by atoms with Gasteiger partial charge in [0.15, 0.2) is 0 Å². The van der Waals surface area contributed by atoms with Crippen molar-refractivity contribution in [3.8, 4) is 0 Å². The van der Waals surface area contributed by atoms with Crippen molar-refractivity contribution < 1.29 is 14.8 Å². The lowest BCUT2D eigenvalue weighted by Gasteiger charge is -2.09. The van der Waals surface area contributed by atoms with Gasteiger partial charge >= 0.3 is 0 Å². The summed E-state index contributed by atoms with van der Waals surface area (Å²) >= 11 is 0. The SMILES string of the molecule is CCCCCCCCCCCCCCCCNc1ccc([C]=O)c(C(=O)NO)c1. The van der Waals surface area contributed by atoms with Crippen molar-refractivity contribution in [3.63, 3.8) is 0 Å². The topological polar surface area (TPSA) is 78.4 Å². The van der Waals surface area contributed by atoms with E-state index in [4.69, 9.17) is 5.21 Å². The second-order valence-electron chi connectivity index (χ2n) is 7.83. The van der Waals surface area contributed by atoms with Gasteiger partial charge in [-0.15, -0.1) is 0 Å². The Hall–Kier alpha value is -1.88. The quantitative estimate of drug-likeness (QED) is 0.156. The standard InChI is InChI=1S/C24H39N2O3/c1-2-3-4-5-6-7-8-9-10-11-12-13-14-15-18-25-22-17-16-21(20-27)23(19-22)24(28)26-29/h16-17,19,25,29H,2-15,18H2,1H3,(H,26,28). The van der Waals surface area contributed by atoms with E-state index in [1.165, 1.54) is 89.5 Å². The highest BCUT2D eigenvalue weighted by atomic mass is 16.5. The maximum absolute atomic E-state index is 11.6. The number of rotatable bonds is 18. The van der Waals surface area contributed by atoms with Crippen LogP contribution >= 0.6 is 0 Å². The van der Waals surface area contributed by atoms with Gasteiger partial charge in [-0.25, -0.2) is 5.48 Å². The van der Waals surface area contributed by atoms with E-state index < -0.39 is 5.91 Å². The summed E-state index contributed by atoms with van der Waals surface area (Å²) in [7, 11) is 0. The molecule has 0 saturated heterocycles. The Balaban J connectivity index is 2.01. The fourth-order valence-electron chi connectivity index (χ4n) is 3.54. The number of anilines is 1. The smallest absolute Gasteiger partial charge is 0.275 e. The van der Waals surface area contributed by atoms with Gasteiger partial charge in [-0.3, -0.25) is 14.8 Å². The molecule has 163 valence electrons. The van der Waals surface area contributed by atoms with Crippen LogP contribution in [0.2, 0.25) is 0 Å². The minimum Gasteiger partial charge on any atom is -0.385 e. The van der Waals surface area contributed by atoms with Crippen LogP contribution in [0.5, 0.6) is 0 Å². The number of hydrogen-bond donors (Lipinski definition) is 3. The molecule has 5 heteroatoms. The molecule has 0 aromatic heterocycles. The third-order valence-corrected chi connectivity index (χ3v) is 5.34. The van der Waals surface area contributed by atoms with Crippen molar-refractivity contribution in [2.75, 3.05) is 11.9 Å². The predicted octanol–water partition coefficient (Wildman–Crippen LogP) is 6.16. The molecule has 0 aliphatic heterocycles. The van der Waals surface area contributed by atoms with Crippen LogP contribution in [0.3, 0.4) is 0 Å². The zero-order chi connectivity index (χ0) is 21.2. The van der Waals surface area contributed by atoms with Crippen molar-refractivity contribution in [1.82, 2.24) is 5.48 Å². The van der Waals surface area contributed by atoms with E-state index in [9.17, 15) is 9.59 Å². The number of hydroxylamine groups is 1. The van der Waals surface area contributed by atoms with Gasteiger partial charge in [-0.05, 0) is 24.6 Å². The average Bonchev–Trinajstić information content (AvgIpc) is 2.75. The fourth-order valence-corrected chi connectivity index (χ4v) is 3.54. The maximum atomic E-state index is 11.6. The molecule has 1 aromatic carbocycles. The predicted molar refractivity (Wildman–Crippen MR) is 119 cm³/mol. The molecule has 0 atom stereocenters. The van der Waals surface area contributed by atoms with Gasteiger partial charge in [0, 0.05) is 17.8 Å². The van der Waals surface area contributed by atoms with Crippen molar-refractivity contribution in [3.05, 3.63) is 29.3 Å². The molecule has 0 heterocycles. The van der Waals surface area contributed by atoms with E-state index in [2.05, 4.69) is 12.2 Å². The number of hydrogen-bond acceptors (Lipinski definition) is 4. The van der Waals surface area contributed by atoms with E-state index in [0.717, 1.165) is 18.7 Å².